The van der Waals surface area contributed by atoms with Gasteiger partial charge in [0.15, 0.2) is 23.0 Å². The Bertz CT molecular complexity index is 1800. The normalized spacial score (nSPS) is 13.9. The van der Waals surface area contributed by atoms with Crippen LogP contribution in [0.2, 0.25) is 0 Å². The van der Waals surface area contributed by atoms with E-state index in [1.54, 1.807) is 18.0 Å². The predicted octanol–water partition coefficient (Wildman–Crippen LogP) is 5.49. The van der Waals surface area contributed by atoms with E-state index >= 15 is 0 Å². The Balaban J connectivity index is 1.35. The van der Waals surface area contributed by atoms with E-state index in [0.29, 0.717) is 34.7 Å². The van der Waals surface area contributed by atoms with E-state index in [1.807, 2.05) is 84.4 Å². The van der Waals surface area contributed by atoms with Gasteiger partial charge in [0.2, 0.25) is 11.8 Å². The Morgan fingerprint density at radius 1 is 0.846 bits per heavy atom. The van der Waals surface area contributed by atoms with Gasteiger partial charge in [0.1, 0.15) is 12.9 Å². The third kappa shape index (κ3) is 3.86. The van der Waals surface area contributed by atoms with E-state index in [4.69, 9.17) is 24.3 Å². The number of aryl methyl sites for hydroxylation is 1. The minimum absolute atomic E-state index is 0.171. The smallest absolute Gasteiger partial charge is 0.230 e. The Hall–Kier alpha value is -5.18. The zero-order valence-corrected chi connectivity index (χ0v) is 21.4. The predicted molar refractivity (Wildman–Crippen MR) is 144 cm³/mol. The molecule has 0 N–H and O–H groups in total. The van der Waals surface area contributed by atoms with Crippen molar-refractivity contribution in [2.75, 3.05) is 7.11 Å². The molecular formula is C30H24N6O3. The molecule has 3 aromatic carbocycles. The van der Waals surface area contributed by atoms with Crippen LogP contribution in [-0.2, 0) is 6.61 Å². The van der Waals surface area contributed by atoms with Crippen molar-refractivity contribution in [1.82, 2.24) is 29.4 Å². The van der Waals surface area contributed by atoms with Crippen molar-refractivity contribution in [2.45, 2.75) is 19.4 Å². The van der Waals surface area contributed by atoms with Crippen molar-refractivity contribution in [3.63, 3.8) is 0 Å². The SMILES string of the molecule is COc1ccccc1OCc1nc2c3c(ncn2n1)Oc1c(c(C)nn1-c1ccccc1)[C@@H]3c1ccccc1. The molecule has 0 amide bonds. The van der Waals surface area contributed by atoms with Crippen molar-refractivity contribution in [3.8, 4) is 28.9 Å². The molecule has 6 aromatic rings. The molecule has 0 saturated heterocycles. The molecule has 0 aliphatic carbocycles. The van der Waals surface area contributed by atoms with E-state index in [-0.39, 0.29) is 12.5 Å². The number of hydrogen-bond donors (Lipinski definition) is 0. The summed E-state index contributed by atoms with van der Waals surface area (Å²) in [7, 11) is 1.61. The van der Waals surface area contributed by atoms with Crippen LogP contribution in [0.4, 0.5) is 0 Å². The van der Waals surface area contributed by atoms with Crippen LogP contribution in [0.15, 0.2) is 91.3 Å². The molecule has 0 unspecified atom stereocenters. The minimum Gasteiger partial charge on any atom is -0.493 e. The fourth-order valence-corrected chi connectivity index (χ4v) is 5.09. The topological polar surface area (TPSA) is 88.6 Å². The van der Waals surface area contributed by atoms with Gasteiger partial charge in [-0.15, -0.1) is 5.10 Å². The highest BCUT2D eigenvalue weighted by Gasteiger charge is 2.38. The van der Waals surface area contributed by atoms with Crippen molar-refractivity contribution in [2.24, 2.45) is 0 Å². The van der Waals surface area contributed by atoms with E-state index < -0.39 is 0 Å². The summed E-state index contributed by atoms with van der Waals surface area (Å²) in [6.45, 7) is 2.18. The maximum absolute atomic E-state index is 6.47. The van der Waals surface area contributed by atoms with Gasteiger partial charge < -0.3 is 14.2 Å². The fourth-order valence-electron chi connectivity index (χ4n) is 5.09. The van der Waals surface area contributed by atoms with Gasteiger partial charge in [0.25, 0.3) is 0 Å². The fraction of sp³-hybridized carbons (Fsp3) is 0.133. The summed E-state index contributed by atoms with van der Waals surface area (Å²) >= 11 is 0. The quantitative estimate of drug-likeness (QED) is 0.289. The van der Waals surface area contributed by atoms with Crippen LogP contribution in [-0.4, -0.2) is 36.5 Å². The van der Waals surface area contributed by atoms with Gasteiger partial charge in [-0.1, -0.05) is 60.7 Å². The first-order chi connectivity index (χ1) is 19.2. The molecule has 0 fully saturated rings. The molecular weight excluding hydrogens is 492 g/mol. The lowest BCUT2D eigenvalue weighted by atomic mass is 9.84. The largest absolute Gasteiger partial charge is 0.493 e. The minimum atomic E-state index is -0.203. The monoisotopic (exact) mass is 516 g/mol. The second-order valence-corrected chi connectivity index (χ2v) is 9.20. The first-order valence-electron chi connectivity index (χ1n) is 12.6. The molecule has 192 valence electrons. The number of nitrogens with zero attached hydrogens (tertiary/aromatic N) is 6. The highest BCUT2D eigenvalue weighted by atomic mass is 16.5. The van der Waals surface area contributed by atoms with Gasteiger partial charge >= 0.3 is 0 Å². The molecule has 1 aliphatic rings. The van der Waals surface area contributed by atoms with Crippen LogP contribution < -0.4 is 14.2 Å². The Morgan fingerprint density at radius 3 is 2.33 bits per heavy atom. The summed E-state index contributed by atoms with van der Waals surface area (Å²) in [5.41, 5.74) is 5.34. The van der Waals surface area contributed by atoms with E-state index in [9.17, 15) is 0 Å². The summed E-state index contributed by atoms with van der Waals surface area (Å²) in [5, 5.41) is 9.53. The highest BCUT2D eigenvalue weighted by Crippen LogP contribution is 2.49. The summed E-state index contributed by atoms with van der Waals surface area (Å²) in [6.07, 6.45) is 1.62. The second-order valence-electron chi connectivity index (χ2n) is 9.20. The van der Waals surface area contributed by atoms with Gasteiger partial charge in [-0.25, -0.2) is 19.2 Å². The van der Waals surface area contributed by atoms with Crippen LogP contribution in [0, 0.1) is 6.92 Å². The molecule has 1 atom stereocenters. The molecule has 7 rings (SSSR count). The first-order valence-corrected chi connectivity index (χ1v) is 12.6. The average molecular weight is 517 g/mol. The number of methoxy groups -OCH3 is 1. The molecule has 0 radical (unpaired) electrons. The Morgan fingerprint density at radius 2 is 1.56 bits per heavy atom. The van der Waals surface area contributed by atoms with Crippen LogP contribution in [0.1, 0.15) is 34.1 Å². The zero-order valence-electron chi connectivity index (χ0n) is 21.4. The summed E-state index contributed by atoms with van der Waals surface area (Å²) < 4.78 is 21.4. The van der Waals surface area contributed by atoms with Crippen molar-refractivity contribution >= 4 is 5.65 Å². The lowest BCUT2D eigenvalue weighted by Crippen LogP contribution is -2.16. The van der Waals surface area contributed by atoms with Gasteiger partial charge in [-0.3, -0.25) is 0 Å². The van der Waals surface area contributed by atoms with Gasteiger partial charge in [-0.05, 0) is 36.8 Å². The van der Waals surface area contributed by atoms with Crippen LogP contribution >= 0.6 is 0 Å². The van der Waals surface area contributed by atoms with Gasteiger partial charge in [0, 0.05) is 0 Å². The summed E-state index contributed by atoms with van der Waals surface area (Å²) in [6, 6.07) is 27.7. The van der Waals surface area contributed by atoms with Crippen LogP contribution in [0.5, 0.6) is 23.3 Å². The van der Waals surface area contributed by atoms with Crippen molar-refractivity contribution in [1.29, 1.82) is 0 Å². The third-order valence-electron chi connectivity index (χ3n) is 6.82. The van der Waals surface area contributed by atoms with E-state index in [2.05, 4.69) is 22.2 Å². The number of ether oxygens (including phenoxy) is 3. The number of benzene rings is 3. The Kier molecular flexibility index (Phi) is 5.47. The standard InChI is InChI=1S/C30H24N6O3/c1-19-25-26(20-11-5-3-6-12-20)27-28-32-24(17-38-23-16-10-9-15-22(23)37-2)34-35(28)18-31-29(27)39-30(25)36(33-19)21-13-7-4-8-14-21/h3-16,18,26H,17H2,1-2H3/t26-/m0/s1. The molecule has 0 spiro atoms. The molecule has 4 heterocycles. The van der Waals surface area contributed by atoms with Crippen molar-refractivity contribution < 1.29 is 14.2 Å². The second kappa shape index (κ2) is 9.29. The van der Waals surface area contributed by atoms with Crippen molar-refractivity contribution in [3.05, 3.63) is 119 Å². The van der Waals surface area contributed by atoms with Crippen LogP contribution in [0.3, 0.4) is 0 Å². The Labute approximate surface area is 224 Å². The van der Waals surface area contributed by atoms with Crippen LogP contribution in [0.25, 0.3) is 11.3 Å². The first kappa shape index (κ1) is 23.0. The molecule has 0 saturated carbocycles. The third-order valence-corrected chi connectivity index (χ3v) is 6.82. The van der Waals surface area contributed by atoms with Gasteiger partial charge in [-0.2, -0.15) is 5.10 Å². The summed E-state index contributed by atoms with van der Waals surface area (Å²) in [4.78, 5) is 9.54. The van der Waals surface area contributed by atoms with Gasteiger partial charge in [0.05, 0.1) is 35.5 Å². The molecule has 9 heteroatoms. The van der Waals surface area contributed by atoms with E-state index in [1.165, 1.54) is 0 Å². The maximum Gasteiger partial charge on any atom is 0.230 e. The molecule has 1 aliphatic heterocycles. The number of fused-ring (bicyclic) bond motifs is 4. The number of para-hydroxylation sites is 3. The molecule has 3 aromatic heterocycles. The number of hydrogen-bond acceptors (Lipinski definition) is 7. The zero-order chi connectivity index (χ0) is 26.3. The highest BCUT2D eigenvalue weighted by molar-refractivity contribution is 5.66. The molecule has 0 bridgehead atoms. The number of aromatic nitrogens is 6. The maximum atomic E-state index is 6.47. The lowest BCUT2D eigenvalue weighted by Gasteiger charge is -2.26. The number of rotatable bonds is 6. The van der Waals surface area contributed by atoms with E-state index in [0.717, 1.165) is 28.1 Å². The average Bonchev–Trinajstić information content (AvgIpc) is 3.56. The lowest BCUT2D eigenvalue weighted by molar-refractivity contribution is 0.276. The molecule has 39 heavy (non-hydrogen) atoms. The molecule has 9 nitrogen and oxygen atoms in total. The summed E-state index contributed by atoms with van der Waals surface area (Å²) in [5.74, 6) is 2.72.